The van der Waals surface area contributed by atoms with Crippen LogP contribution in [-0.2, 0) is 4.79 Å². The van der Waals surface area contributed by atoms with E-state index >= 15 is 0 Å². The molecule has 10 nitrogen and oxygen atoms in total. The van der Waals surface area contributed by atoms with Gasteiger partial charge in [-0.05, 0) is 50.5 Å². The number of aromatic hydroxyl groups is 1. The minimum Gasteiger partial charge on any atom is -0.507 e. The number of carbonyl (C=O) groups excluding carboxylic acids is 1. The minimum absolute atomic E-state index is 0.207. The minimum atomic E-state index is -0.320. The first-order valence-corrected chi connectivity index (χ1v) is 11.7. The van der Waals surface area contributed by atoms with Crippen molar-refractivity contribution in [1.29, 1.82) is 0 Å². The predicted molar refractivity (Wildman–Crippen MR) is 147 cm³/mol. The van der Waals surface area contributed by atoms with Crippen molar-refractivity contribution in [3.8, 4) is 17.3 Å². The third-order valence-electron chi connectivity index (χ3n) is 5.90. The molecule has 0 aliphatic heterocycles. The fourth-order valence-electron chi connectivity index (χ4n) is 3.92. The van der Waals surface area contributed by atoms with Crippen LogP contribution in [-0.4, -0.2) is 71.8 Å². The molecular formula is C27H31N7O3. The number of nitrogens with zero attached hydrogens (tertiary/aromatic N) is 5. The molecule has 1 amide bonds. The van der Waals surface area contributed by atoms with Crippen molar-refractivity contribution in [2.24, 2.45) is 0 Å². The van der Waals surface area contributed by atoms with Crippen LogP contribution in [0.5, 0.6) is 11.5 Å². The number of aromatic nitrogens is 3. The molecule has 192 valence electrons. The van der Waals surface area contributed by atoms with Gasteiger partial charge in [0.15, 0.2) is 0 Å². The molecule has 0 radical (unpaired) electrons. The lowest BCUT2D eigenvalue weighted by molar-refractivity contribution is -0.111. The van der Waals surface area contributed by atoms with Crippen molar-refractivity contribution in [2.75, 3.05) is 56.9 Å². The fourth-order valence-corrected chi connectivity index (χ4v) is 3.92. The van der Waals surface area contributed by atoms with Gasteiger partial charge in [-0.2, -0.15) is 4.98 Å². The molecule has 0 saturated heterocycles. The standard InChI is InChI=1S/C27H31N7O3/c1-6-26(36)29-19-16-20(24(37-5)17-22(19)33(4)15-14-32(2)3)30-27-28-12-10-25(31-27)34-13-11-18-21(34)8-7-9-23(18)35/h6-13,16-17,35H,1,14-15H2,2-5H3,(H,29,36)(H,28,30,31). The SMILES string of the molecule is C=CC(=O)Nc1cc(Nc2nccc(-n3ccc4c(O)cccc43)n2)c(OC)cc1N(C)CCN(C)C. The Morgan fingerprint density at radius 1 is 1.16 bits per heavy atom. The number of phenolic OH excluding ortho intramolecular Hbond substituents is 1. The summed E-state index contributed by atoms with van der Waals surface area (Å²) in [5, 5.41) is 17.0. The molecule has 0 fully saturated rings. The maximum Gasteiger partial charge on any atom is 0.247 e. The molecule has 2 heterocycles. The zero-order valence-corrected chi connectivity index (χ0v) is 21.4. The number of rotatable bonds is 10. The average Bonchev–Trinajstić information content (AvgIpc) is 3.33. The van der Waals surface area contributed by atoms with Gasteiger partial charge < -0.3 is 34.8 Å². The number of phenols is 1. The van der Waals surface area contributed by atoms with E-state index in [-0.39, 0.29) is 11.7 Å². The highest BCUT2D eigenvalue weighted by atomic mass is 16.5. The smallest absolute Gasteiger partial charge is 0.247 e. The van der Waals surface area contributed by atoms with Gasteiger partial charge in [-0.3, -0.25) is 4.79 Å². The van der Waals surface area contributed by atoms with Gasteiger partial charge in [-0.1, -0.05) is 12.6 Å². The van der Waals surface area contributed by atoms with E-state index in [0.29, 0.717) is 28.9 Å². The number of methoxy groups -OCH3 is 1. The molecule has 4 aromatic rings. The molecule has 0 unspecified atom stereocenters. The monoisotopic (exact) mass is 501 g/mol. The van der Waals surface area contributed by atoms with Gasteiger partial charge in [-0.15, -0.1) is 0 Å². The van der Waals surface area contributed by atoms with Gasteiger partial charge in [0.05, 0.1) is 29.7 Å². The van der Waals surface area contributed by atoms with Crippen molar-refractivity contribution in [2.45, 2.75) is 0 Å². The summed E-state index contributed by atoms with van der Waals surface area (Å²) in [6.07, 6.45) is 4.72. The summed E-state index contributed by atoms with van der Waals surface area (Å²) in [6.45, 7) is 5.14. The first kappa shape index (κ1) is 25.5. The lowest BCUT2D eigenvalue weighted by Gasteiger charge is -2.26. The van der Waals surface area contributed by atoms with E-state index < -0.39 is 0 Å². The highest BCUT2D eigenvalue weighted by molar-refractivity contribution is 6.02. The quantitative estimate of drug-likeness (QED) is 0.280. The number of amides is 1. The maximum absolute atomic E-state index is 12.2. The highest BCUT2D eigenvalue weighted by Crippen LogP contribution is 2.38. The first-order valence-electron chi connectivity index (χ1n) is 11.7. The number of nitrogens with one attached hydrogen (secondary N) is 2. The Kier molecular flexibility index (Phi) is 7.59. The van der Waals surface area contributed by atoms with E-state index in [1.54, 1.807) is 37.6 Å². The first-order chi connectivity index (χ1) is 17.8. The average molecular weight is 502 g/mol. The molecule has 0 atom stereocenters. The van der Waals surface area contributed by atoms with E-state index in [9.17, 15) is 9.90 Å². The summed E-state index contributed by atoms with van der Waals surface area (Å²) >= 11 is 0. The number of ether oxygens (including phenoxy) is 1. The lowest BCUT2D eigenvalue weighted by atomic mass is 10.2. The van der Waals surface area contributed by atoms with Crippen molar-refractivity contribution >= 4 is 39.8 Å². The molecule has 0 aliphatic rings. The zero-order chi connectivity index (χ0) is 26.5. The van der Waals surface area contributed by atoms with Crippen molar-refractivity contribution in [3.63, 3.8) is 0 Å². The van der Waals surface area contributed by atoms with Gasteiger partial charge in [0.1, 0.15) is 17.3 Å². The lowest BCUT2D eigenvalue weighted by Crippen LogP contribution is -2.29. The number of carbonyl (C=O) groups is 1. The van der Waals surface area contributed by atoms with Crippen LogP contribution < -0.4 is 20.3 Å². The maximum atomic E-state index is 12.2. The van der Waals surface area contributed by atoms with Crippen LogP contribution in [0.1, 0.15) is 0 Å². The van der Waals surface area contributed by atoms with Crippen LogP contribution >= 0.6 is 0 Å². The van der Waals surface area contributed by atoms with Crippen LogP contribution in [0.2, 0.25) is 0 Å². The molecule has 0 spiro atoms. The number of benzene rings is 2. The third kappa shape index (κ3) is 5.65. The van der Waals surface area contributed by atoms with Crippen molar-refractivity contribution in [1.82, 2.24) is 19.4 Å². The van der Waals surface area contributed by atoms with Crippen LogP contribution in [0.3, 0.4) is 0 Å². The topological polar surface area (TPSA) is 108 Å². The molecule has 0 saturated carbocycles. The Labute approximate surface area is 215 Å². The highest BCUT2D eigenvalue weighted by Gasteiger charge is 2.17. The van der Waals surface area contributed by atoms with E-state index in [1.807, 2.05) is 50.1 Å². The number of likely N-dealkylation sites (N-methyl/N-ethyl adjacent to an activating group) is 2. The van der Waals surface area contributed by atoms with Crippen molar-refractivity contribution < 1.29 is 14.6 Å². The Bertz CT molecular complexity index is 1430. The largest absolute Gasteiger partial charge is 0.507 e. The molecule has 37 heavy (non-hydrogen) atoms. The second-order valence-corrected chi connectivity index (χ2v) is 8.75. The molecule has 2 aromatic carbocycles. The predicted octanol–water partition coefficient (Wildman–Crippen LogP) is 4.00. The van der Waals surface area contributed by atoms with Crippen LogP contribution in [0.4, 0.5) is 23.0 Å². The molecular weight excluding hydrogens is 470 g/mol. The Morgan fingerprint density at radius 3 is 2.70 bits per heavy atom. The number of anilines is 4. The van der Waals surface area contributed by atoms with Crippen LogP contribution in [0, 0.1) is 0 Å². The third-order valence-corrected chi connectivity index (χ3v) is 5.90. The van der Waals surface area contributed by atoms with Crippen LogP contribution in [0.25, 0.3) is 16.7 Å². The van der Waals surface area contributed by atoms with Gasteiger partial charge in [0, 0.05) is 44.0 Å². The van der Waals surface area contributed by atoms with Gasteiger partial charge >= 0.3 is 0 Å². The molecule has 3 N–H and O–H groups in total. The summed E-state index contributed by atoms with van der Waals surface area (Å²) < 4.78 is 7.55. The summed E-state index contributed by atoms with van der Waals surface area (Å²) in [4.78, 5) is 25.4. The molecule has 4 rings (SSSR count). The number of fused-ring (bicyclic) bond motifs is 1. The van der Waals surface area contributed by atoms with E-state index in [4.69, 9.17) is 4.74 Å². The molecule has 0 aliphatic carbocycles. The van der Waals surface area contributed by atoms with Crippen LogP contribution in [0.15, 0.2) is 67.5 Å². The Morgan fingerprint density at radius 2 is 1.97 bits per heavy atom. The zero-order valence-electron chi connectivity index (χ0n) is 21.4. The second kappa shape index (κ2) is 11.0. The second-order valence-electron chi connectivity index (χ2n) is 8.75. The number of hydrogen-bond acceptors (Lipinski definition) is 8. The Hall–Kier alpha value is -4.57. The van der Waals surface area contributed by atoms with Gasteiger partial charge in [-0.25, -0.2) is 4.98 Å². The molecule has 2 aromatic heterocycles. The normalized spacial score (nSPS) is 10.9. The number of hydrogen-bond donors (Lipinski definition) is 3. The van der Waals surface area contributed by atoms with Gasteiger partial charge in [0.25, 0.3) is 0 Å². The summed E-state index contributed by atoms with van der Waals surface area (Å²) in [7, 11) is 7.56. The van der Waals surface area contributed by atoms with E-state index in [0.717, 1.165) is 29.7 Å². The van der Waals surface area contributed by atoms with E-state index in [2.05, 4.69) is 37.0 Å². The summed E-state index contributed by atoms with van der Waals surface area (Å²) in [5.41, 5.74) is 2.80. The van der Waals surface area contributed by atoms with Gasteiger partial charge in [0.2, 0.25) is 11.9 Å². The van der Waals surface area contributed by atoms with E-state index in [1.165, 1.54) is 6.08 Å². The molecule has 10 heteroatoms. The molecule has 0 bridgehead atoms. The fraction of sp³-hybridized carbons (Fsp3) is 0.222. The summed E-state index contributed by atoms with van der Waals surface area (Å²) in [6, 6.07) is 12.6. The van der Waals surface area contributed by atoms with Crippen molar-refractivity contribution in [3.05, 3.63) is 67.5 Å². The summed E-state index contributed by atoms with van der Waals surface area (Å²) in [5.74, 6) is 1.41. The Balaban J connectivity index is 1.70.